The molecule has 26 heavy (non-hydrogen) atoms. The maximum Gasteiger partial charge on any atom is 0.344 e. The third-order valence-corrected chi connectivity index (χ3v) is 5.47. The van der Waals surface area contributed by atoms with Gasteiger partial charge >= 0.3 is 5.97 Å². The highest BCUT2D eigenvalue weighted by Crippen LogP contribution is 2.58. The van der Waals surface area contributed by atoms with Crippen LogP contribution in [0.2, 0.25) is 0 Å². The number of aromatic nitrogens is 3. The first kappa shape index (κ1) is 17.2. The van der Waals surface area contributed by atoms with E-state index in [1.807, 2.05) is 20.0 Å². The smallest absolute Gasteiger partial charge is 0.344 e. The number of ether oxygens (including phenoxy) is 3. The Balaban J connectivity index is 1.73. The van der Waals surface area contributed by atoms with Crippen LogP contribution in [0.4, 0.5) is 4.39 Å². The van der Waals surface area contributed by atoms with Gasteiger partial charge in [-0.1, -0.05) is 6.92 Å². The van der Waals surface area contributed by atoms with Crippen LogP contribution in [0.3, 0.4) is 0 Å². The van der Waals surface area contributed by atoms with Crippen LogP contribution in [0.5, 0.6) is 5.88 Å². The van der Waals surface area contributed by atoms with E-state index in [-0.39, 0.29) is 23.0 Å². The number of esters is 1. The summed E-state index contributed by atoms with van der Waals surface area (Å²) in [6.07, 6.45) is 5.38. The van der Waals surface area contributed by atoms with Gasteiger partial charge in [0.2, 0.25) is 11.7 Å². The number of nitrogens with zero attached hydrogens (tertiary/aromatic N) is 3. The van der Waals surface area contributed by atoms with Crippen molar-refractivity contribution in [1.29, 1.82) is 0 Å². The molecule has 4 heterocycles. The molecular weight excluding hydrogens is 341 g/mol. The standard InChI is InChI=1S/C18H22FN3O4/c1-4-11(2)26-14-12(15(23)24-3)5-22-6-13(20-16(22)21-14)17-7-18(8-17,9-19)25-10-17/h5-6,11H,4,7-10H2,1-3H3. The molecule has 1 unspecified atom stereocenters. The monoisotopic (exact) mass is 363 g/mol. The van der Waals surface area contributed by atoms with Crippen molar-refractivity contribution in [2.24, 2.45) is 0 Å². The lowest BCUT2D eigenvalue weighted by Gasteiger charge is -2.41. The molecule has 0 aromatic carbocycles. The van der Waals surface area contributed by atoms with Crippen molar-refractivity contribution >= 4 is 11.7 Å². The largest absolute Gasteiger partial charge is 0.474 e. The third-order valence-electron chi connectivity index (χ3n) is 5.47. The number of halogens is 1. The molecule has 0 amide bonds. The molecule has 0 radical (unpaired) electrons. The summed E-state index contributed by atoms with van der Waals surface area (Å²) < 4.78 is 31.1. The van der Waals surface area contributed by atoms with Gasteiger partial charge in [0.15, 0.2) is 0 Å². The van der Waals surface area contributed by atoms with Crippen LogP contribution < -0.4 is 4.74 Å². The number of hydrogen-bond acceptors (Lipinski definition) is 6. The van der Waals surface area contributed by atoms with E-state index >= 15 is 0 Å². The number of imidazole rings is 1. The Morgan fingerprint density at radius 2 is 2.19 bits per heavy atom. The fourth-order valence-corrected chi connectivity index (χ4v) is 3.84. The first-order valence-corrected chi connectivity index (χ1v) is 8.79. The molecule has 7 nitrogen and oxygen atoms in total. The normalized spacial score (nSPS) is 28.0. The molecule has 8 heteroatoms. The summed E-state index contributed by atoms with van der Waals surface area (Å²) in [4.78, 5) is 21.2. The fourth-order valence-electron chi connectivity index (χ4n) is 3.84. The Hall–Kier alpha value is -2.22. The fraction of sp³-hybridized carbons (Fsp3) is 0.611. The zero-order valence-corrected chi connectivity index (χ0v) is 15.1. The van der Waals surface area contributed by atoms with Gasteiger partial charge in [0.1, 0.15) is 12.2 Å². The number of carbonyl (C=O) groups excluding carboxylic acids is 1. The van der Waals surface area contributed by atoms with Crippen LogP contribution >= 0.6 is 0 Å². The van der Waals surface area contributed by atoms with E-state index in [2.05, 4.69) is 9.97 Å². The van der Waals surface area contributed by atoms with Gasteiger partial charge in [0.05, 0.1) is 31.1 Å². The number of hydrogen-bond donors (Lipinski definition) is 0. The quantitative estimate of drug-likeness (QED) is 0.734. The summed E-state index contributed by atoms with van der Waals surface area (Å²) in [7, 11) is 1.32. The zero-order valence-electron chi connectivity index (χ0n) is 15.1. The predicted molar refractivity (Wildman–Crippen MR) is 90.3 cm³/mol. The zero-order chi connectivity index (χ0) is 18.5. The van der Waals surface area contributed by atoms with Gasteiger partial charge in [-0.3, -0.25) is 4.40 Å². The third kappa shape index (κ3) is 2.46. The van der Waals surface area contributed by atoms with Gasteiger partial charge in [0, 0.05) is 17.8 Å². The molecule has 2 aromatic rings. The van der Waals surface area contributed by atoms with E-state index in [4.69, 9.17) is 14.2 Å². The van der Waals surface area contributed by atoms with Gasteiger partial charge in [-0.15, -0.1) is 0 Å². The summed E-state index contributed by atoms with van der Waals surface area (Å²) in [5.41, 5.74) is 0.160. The maximum atomic E-state index is 13.2. The summed E-state index contributed by atoms with van der Waals surface area (Å²) >= 11 is 0. The topological polar surface area (TPSA) is 75.0 Å². The second-order valence-corrected chi connectivity index (χ2v) is 7.36. The van der Waals surface area contributed by atoms with E-state index in [0.29, 0.717) is 25.2 Å². The Morgan fingerprint density at radius 3 is 2.81 bits per heavy atom. The summed E-state index contributed by atoms with van der Waals surface area (Å²) in [6.45, 7) is 3.88. The number of alkyl halides is 1. The minimum atomic E-state index is -0.634. The highest BCUT2D eigenvalue weighted by Gasteiger charge is 2.64. The lowest BCUT2D eigenvalue weighted by atomic mass is 9.61. The molecular formula is C18H22FN3O4. The number of fused-ring (bicyclic) bond motifs is 2. The van der Waals surface area contributed by atoms with Gasteiger partial charge in [-0.05, 0) is 26.2 Å². The second kappa shape index (κ2) is 5.90. The highest BCUT2D eigenvalue weighted by atomic mass is 19.1. The SMILES string of the molecule is CCC(C)Oc1nc2nc(C34COC(CF)(C3)C4)cn2cc1C(=O)OC. The first-order chi connectivity index (χ1) is 12.4. The van der Waals surface area contributed by atoms with Crippen molar-refractivity contribution in [3.63, 3.8) is 0 Å². The van der Waals surface area contributed by atoms with Crippen molar-refractivity contribution in [3.05, 3.63) is 23.7 Å². The average Bonchev–Trinajstić information content (AvgIpc) is 3.30. The molecule has 1 aliphatic carbocycles. The summed E-state index contributed by atoms with van der Waals surface area (Å²) in [5.74, 6) is 0.128. The molecule has 1 atom stereocenters. The van der Waals surface area contributed by atoms with Crippen LogP contribution in [0.25, 0.3) is 5.78 Å². The number of carbonyl (C=O) groups is 1. The van der Waals surface area contributed by atoms with E-state index in [1.54, 1.807) is 10.6 Å². The highest BCUT2D eigenvalue weighted by molar-refractivity contribution is 5.91. The molecule has 2 saturated heterocycles. The summed E-state index contributed by atoms with van der Waals surface area (Å²) in [5, 5.41) is 0. The Bertz CT molecular complexity index is 859. The number of methoxy groups -OCH3 is 1. The molecule has 3 fully saturated rings. The molecule has 0 spiro atoms. The van der Waals surface area contributed by atoms with Crippen molar-refractivity contribution < 1.29 is 23.4 Å². The molecule has 2 aliphatic heterocycles. The van der Waals surface area contributed by atoms with E-state index in [0.717, 1.165) is 12.1 Å². The van der Waals surface area contributed by atoms with Crippen molar-refractivity contribution in [3.8, 4) is 5.88 Å². The Labute approximate surface area is 150 Å². The van der Waals surface area contributed by atoms with E-state index in [9.17, 15) is 9.18 Å². The van der Waals surface area contributed by atoms with E-state index in [1.165, 1.54) is 7.11 Å². The molecule has 2 bridgehead atoms. The van der Waals surface area contributed by atoms with Crippen LogP contribution in [0.1, 0.15) is 49.2 Å². The Kier molecular flexibility index (Phi) is 3.91. The maximum absolute atomic E-state index is 13.2. The predicted octanol–water partition coefficient (Wildman–Crippen LogP) is 2.46. The second-order valence-electron chi connectivity index (χ2n) is 7.36. The van der Waals surface area contributed by atoms with Gasteiger partial charge in [-0.2, -0.15) is 4.98 Å². The lowest BCUT2D eigenvalue weighted by molar-refractivity contribution is -0.0235. The average molecular weight is 363 g/mol. The summed E-state index contributed by atoms with van der Waals surface area (Å²) in [6, 6.07) is 0. The first-order valence-electron chi connectivity index (χ1n) is 8.79. The van der Waals surface area contributed by atoms with Gasteiger partial charge < -0.3 is 14.2 Å². The van der Waals surface area contributed by atoms with Crippen molar-refractivity contribution in [2.75, 3.05) is 20.4 Å². The molecule has 0 N–H and O–H groups in total. The number of rotatable bonds is 6. The molecule has 140 valence electrons. The van der Waals surface area contributed by atoms with Crippen molar-refractivity contribution in [2.45, 2.75) is 50.2 Å². The molecule has 5 rings (SSSR count). The van der Waals surface area contributed by atoms with Crippen molar-refractivity contribution in [1.82, 2.24) is 14.4 Å². The van der Waals surface area contributed by atoms with Crippen LogP contribution in [0.15, 0.2) is 12.4 Å². The van der Waals surface area contributed by atoms with Crippen LogP contribution in [-0.4, -0.2) is 52.4 Å². The minimum Gasteiger partial charge on any atom is -0.474 e. The van der Waals surface area contributed by atoms with E-state index < -0.39 is 18.2 Å². The molecule has 2 aromatic heterocycles. The minimum absolute atomic E-state index is 0.0959. The van der Waals surface area contributed by atoms with Gasteiger partial charge in [0.25, 0.3) is 0 Å². The van der Waals surface area contributed by atoms with Crippen LogP contribution in [0, 0.1) is 0 Å². The van der Waals surface area contributed by atoms with Gasteiger partial charge in [-0.25, -0.2) is 14.2 Å². The Morgan fingerprint density at radius 1 is 1.42 bits per heavy atom. The molecule has 1 saturated carbocycles. The lowest BCUT2D eigenvalue weighted by Crippen LogP contribution is -2.48. The molecule has 3 aliphatic rings. The van der Waals surface area contributed by atoms with Crippen LogP contribution in [-0.2, 0) is 14.9 Å².